The number of aliphatic carboxylic acids is 1. The zero-order chi connectivity index (χ0) is 20.4. The van der Waals surface area contributed by atoms with Crippen molar-refractivity contribution in [2.24, 2.45) is 0 Å². The van der Waals surface area contributed by atoms with Crippen molar-refractivity contribution in [3.8, 4) is 0 Å². The zero-order valence-corrected chi connectivity index (χ0v) is 16.6. The van der Waals surface area contributed by atoms with Crippen LogP contribution >= 0.6 is 0 Å². The van der Waals surface area contributed by atoms with Crippen LogP contribution in [0.3, 0.4) is 0 Å². The van der Waals surface area contributed by atoms with Gasteiger partial charge in [-0.1, -0.05) is 18.6 Å². The average Bonchev–Trinajstić information content (AvgIpc) is 2.61. The first kappa shape index (κ1) is 23.3. The summed E-state index contributed by atoms with van der Waals surface area (Å²) in [4.78, 5) is 22.3. The van der Waals surface area contributed by atoms with E-state index >= 15 is 0 Å². The van der Waals surface area contributed by atoms with Gasteiger partial charge in [-0.3, -0.25) is 0 Å². The van der Waals surface area contributed by atoms with Crippen LogP contribution in [0.15, 0.2) is 23.8 Å². The van der Waals surface area contributed by atoms with Crippen LogP contribution in [0.1, 0.15) is 59.8 Å². The molecule has 7 heteroatoms. The SMILES string of the molecule is C/C=C(\C)C(=O)O[C@@H]1C[C@@H](O)[C@H](O[C@H](C)CCCC/C=C/C(=O)O)O[C@H]1C. The molecule has 0 aliphatic carbocycles. The summed E-state index contributed by atoms with van der Waals surface area (Å²) in [6, 6.07) is 0. The summed E-state index contributed by atoms with van der Waals surface area (Å²) in [5.41, 5.74) is 0.516. The van der Waals surface area contributed by atoms with Crippen LogP contribution in [-0.4, -0.2) is 52.9 Å². The number of esters is 1. The number of unbranched alkanes of at least 4 members (excludes halogenated alkanes) is 2. The molecule has 1 rings (SSSR count). The van der Waals surface area contributed by atoms with E-state index in [-0.39, 0.29) is 18.6 Å². The summed E-state index contributed by atoms with van der Waals surface area (Å²) in [6.45, 7) is 7.15. The quantitative estimate of drug-likeness (QED) is 0.339. The van der Waals surface area contributed by atoms with Gasteiger partial charge in [0.15, 0.2) is 6.29 Å². The topological polar surface area (TPSA) is 102 Å². The second-order valence-corrected chi connectivity index (χ2v) is 6.90. The summed E-state index contributed by atoms with van der Waals surface area (Å²) >= 11 is 0. The van der Waals surface area contributed by atoms with Crippen molar-refractivity contribution in [3.05, 3.63) is 23.8 Å². The molecule has 0 unspecified atom stereocenters. The van der Waals surface area contributed by atoms with E-state index in [0.29, 0.717) is 12.0 Å². The van der Waals surface area contributed by atoms with Gasteiger partial charge in [0, 0.05) is 18.1 Å². The van der Waals surface area contributed by atoms with Gasteiger partial charge >= 0.3 is 11.9 Å². The monoisotopic (exact) mass is 384 g/mol. The lowest BCUT2D eigenvalue weighted by atomic mass is 10.0. The number of aliphatic hydroxyl groups is 1. The van der Waals surface area contributed by atoms with Gasteiger partial charge in [0.2, 0.25) is 0 Å². The largest absolute Gasteiger partial charge is 0.478 e. The Bertz CT molecular complexity index is 540. The van der Waals surface area contributed by atoms with E-state index in [0.717, 1.165) is 25.3 Å². The lowest BCUT2D eigenvalue weighted by molar-refractivity contribution is -0.275. The Balaban J connectivity index is 2.36. The number of aliphatic hydroxyl groups excluding tert-OH is 1. The maximum Gasteiger partial charge on any atom is 0.333 e. The maximum atomic E-state index is 11.9. The standard InChI is InChI=1S/C20H32O7/c1-5-13(2)19(24)27-17-12-16(21)20(26-15(17)4)25-14(3)10-8-6-7-9-11-18(22)23/h5,9,11,14-17,20-21H,6-8,10,12H2,1-4H3,(H,22,23)/b11-9+,13-5+/t14-,15+,16-,17-,20-/m1/s1. The number of carbonyl (C=O) groups is 2. The summed E-state index contributed by atoms with van der Waals surface area (Å²) < 4.78 is 16.9. The van der Waals surface area contributed by atoms with Gasteiger partial charge in [-0.05, 0) is 47.0 Å². The first-order valence-electron chi connectivity index (χ1n) is 9.47. The van der Waals surface area contributed by atoms with Gasteiger partial charge in [-0.2, -0.15) is 0 Å². The molecule has 0 saturated carbocycles. The molecule has 7 nitrogen and oxygen atoms in total. The number of hydrogen-bond acceptors (Lipinski definition) is 6. The van der Waals surface area contributed by atoms with Crippen LogP contribution in [0.2, 0.25) is 0 Å². The Morgan fingerprint density at radius 3 is 2.67 bits per heavy atom. The molecule has 0 radical (unpaired) electrons. The summed E-state index contributed by atoms with van der Waals surface area (Å²) in [7, 11) is 0. The second-order valence-electron chi connectivity index (χ2n) is 6.90. The molecule has 1 fully saturated rings. The molecule has 0 aromatic carbocycles. The van der Waals surface area contributed by atoms with E-state index in [1.54, 1.807) is 32.9 Å². The molecule has 0 amide bonds. The third-order valence-corrected chi connectivity index (χ3v) is 4.53. The Labute approximate surface area is 161 Å². The van der Waals surface area contributed by atoms with Crippen LogP contribution in [0.5, 0.6) is 0 Å². The predicted octanol–water partition coefficient (Wildman–Crippen LogP) is 2.97. The molecule has 1 aliphatic heterocycles. The third kappa shape index (κ3) is 8.69. The average molecular weight is 384 g/mol. The van der Waals surface area contributed by atoms with E-state index < -0.39 is 30.4 Å². The normalized spacial score (nSPS) is 27.5. The Hall–Kier alpha value is -1.70. The van der Waals surface area contributed by atoms with Crippen molar-refractivity contribution >= 4 is 11.9 Å². The molecule has 27 heavy (non-hydrogen) atoms. The van der Waals surface area contributed by atoms with Crippen LogP contribution < -0.4 is 0 Å². The van der Waals surface area contributed by atoms with Gasteiger partial charge < -0.3 is 24.4 Å². The highest BCUT2D eigenvalue weighted by atomic mass is 16.7. The lowest BCUT2D eigenvalue weighted by Crippen LogP contribution is -2.49. The van der Waals surface area contributed by atoms with Gasteiger partial charge in [0.05, 0.1) is 12.2 Å². The number of allylic oxidation sites excluding steroid dienone is 2. The molecule has 2 N–H and O–H groups in total. The third-order valence-electron chi connectivity index (χ3n) is 4.53. The molecule has 1 saturated heterocycles. The molecule has 0 spiro atoms. The minimum atomic E-state index is -0.936. The number of carboxylic acids is 1. The van der Waals surface area contributed by atoms with E-state index in [4.69, 9.17) is 19.3 Å². The van der Waals surface area contributed by atoms with E-state index in [1.165, 1.54) is 0 Å². The summed E-state index contributed by atoms with van der Waals surface area (Å²) in [6.07, 6.45) is 5.34. The van der Waals surface area contributed by atoms with Gasteiger partial charge in [0.25, 0.3) is 0 Å². The van der Waals surface area contributed by atoms with Crippen molar-refractivity contribution < 1.29 is 34.0 Å². The fraction of sp³-hybridized carbons (Fsp3) is 0.700. The van der Waals surface area contributed by atoms with Crippen LogP contribution in [0, 0.1) is 0 Å². The Morgan fingerprint density at radius 1 is 1.33 bits per heavy atom. The first-order chi connectivity index (χ1) is 12.7. The van der Waals surface area contributed by atoms with Crippen molar-refractivity contribution in [3.63, 3.8) is 0 Å². The summed E-state index contributed by atoms with van der Waals surface area (Å²) in [5.74, 6) is -1.34. The smallest absolute Gasteiger partial charge is 0.333 e. The fourth-order valence-electron chi connectivity index (χ4n) is 2.72. The van der Waals surface area contributed by atoms with Crippen molar-refractivity contribution in [2.75, 3.05) is 0 Å². The highest BCUT2D eigenvalue weighted by molar-refractivity contribution is 5.87. The highest BCUT2D eigenvalue weighted by Gasteiger charge is 2.38. The number of hydrogen-bond donors (Lipinski definition) is 2. The van der Waals surface area contributed by atoms with E-state index in [9.17, 15) is 14.7 Å². The van der Waals surface area contributed by atoms with Gasteiger partial charge in [-0.15, -0.1) is 0 Å². The number of rotatable bonds is 10. The van der Waals surface area contributed by atoms with E-state index in [2.05, 4.69) is 0 Å². The maximum absolute atomic E-state index is 11.9. The molecule has 5 atom stereocenters. The minimum Gasteiger partial charge on any atom is -0.478 e. The number of carbonyl (C=O) groups excluding carboxylic acids is 1. The highest BCUT2D eigenvalue weighted by Crippen LogP contribution is 2.25. The molecule has 1 aliphatic rings. The molecule has 154 valence electrons. The fourth-order valence-corrected chi connectivity index (χ4v) is 2.72. The molecule has 0 bridgehead atoms. The van der Waals surface area contributed by atoms with Gasteiger partial charge in [0.1, 0.15) is 12.2 Å². The molecule has 1 heterocycles. The van der Waals surface area contributed by atoms with Crippen molar-refractivity contribution in [1.82, 2.24) is 0 Å². The Kier molecular flexibility index (Phi) is 10.3. The second kappa shape index (κ2) is 11.9. The van der Waals surface area contributed by atoms with Gasteiger partial charge in [-0.25, -0.2) is 9.59 Å². The molecule has 0 aromatic rings. The Morgan fingerprint density at radius 2 is 2.04 bits per heavy atom. The molecule has 0 aromatic heterocycles. The number of ether oxygens (including phenoxy) is 3. The van der Waals surface area contributed by atoms with Crippen molar-refractivity contribution in [2.45, 2.75) is 90.5 Å². The molecular formula is C20H32O7. The van der Waals surface area contributed by atoms with Crippen LogP contribution in [-0.2, 0) is 23.8 Å². The first-order valence-corrected chi connectivity index (χ1v) is 9.47. The number of carboxylic acid groups (broad SMARTS) is 1. The minimum absolute atomic E-state index is 0.107. The lowest BCUT2D eigenvalue weighted by Gasteiger charge is -2.38. The predicted molar refractivity (Wildman–Crippen MR) is 100 cm³/mol. The van der Waals surface area contributed by atoms with Crippen LogP contribution in [0.4, 0.5) is 0 Å². The zero-order valence-electron chi connectivity index (χ0n) is 16.6. The van der Waals surface area contributed by atoms with E-state index in [1.807, 2.05) is 6.92 Å². The van der Waals surface area contributed by atoms with Crippen molar-refractivity contribution in [1.29, 1.82) is 0 Å². The summed E-state index contributed by atoms with van der Waals surface area (Å²) in [5, 5.41) is 18.8. The molecular weight excluding hydrogens is 352 g/mol. The van der Waals surface area contributed by atoms with Crippen LogP contribution in [0.25, 0.3) is 0 Å².